The number of carbonyl (C=O) groups is 1. The first kappa shape index (κ1) is 17.9. The van der Waals surface area contributed by atoms with Gasteiger partial charge >= 0.3 is 30.4 Å². The van der Waals surface area contributed by atoms with Gasteiger partial charge in [-0.1, -0.05) is 11.8 Å². The van der Waals surface area contributed by atoms with E-state index in [0.717, 1.165) is 0 Å². The Morgan fingerprint density at radius 2 is 1.29 bits per heavy atom. The van der Waals surface area contributed by atoms with Crippen molar-refractivity contribution in [1.82, 2.24) is 4.90 Å². The molecule has 0 saturated carbocycles. The first-order chi connectivity index (χ1) is 9.05. The highest BCUT2D eigenvalue weighted by atomic mass is 19.4. The number of hydrogen-bond acceptors (Lipinski definition) is 3. The summed E-state index contributed by atoms with van der Waals surface area (Å²) in [5.74, 6) is -2.68. The number of hydrogen-bond donors (Lipinski definition) is 0. The lowest BCUT2D eigenvalue weighted by Crippen LogP contribution is -2.78. The highest BCUT2D eigenvalue weighted by molar-refractivity contribution is 5.85. The number of alkyl halides is 10. The molecule has 0 amide bonds. The lowest BCUT2D eigenvalue weighted by Gasteiger charge is -2.48. The molecule has 0 bridgehead atoms. The summed E-state index contributed by atoms with van der Waals surface area (Å²) >= 11 is 0. The Bertz CT molecular complexity index is 422. The molecule has 0 spiro atoms. The molecular weight excluding hydrogens is 332 g/mol. The number of halogens is 10. The van der Waals surface area contributed by atoms with E-state index >= 15 is 0 Å². The average Bonchev–Trinajstić information content (AvgIpc) is 2.23. The van der Waals surface area contributed by atoms with Crippen molar-refractivity contribution in [2.45, 2.75) is 43.7 Å². The van der Waals surface area contributed by atoms with Gasteiger partial charge in [-0.05, 0) is 0 Å². The first-order valence-corrected chi connectivity index (χ1v) is 4.98. The summed E-state index contributed by atoms with van der Waals surface area (Å²) in [6.45, 7) is 0.600. The smallest absolute Gasteiger partial charge is 0.291 e. The van der Waals surface area contributed by atoms with Crippen LogP contribution in [0.3, 0.4) is 0 Å². The molecule has 13 heteroatoms. The molecule has 21 heavy (non-hydrogen) atoms. The number of ether oxygens (including phenoxy) is 1. The van der Waals surface area contributed by atoms with E-state index < -0.39 is 47.5 Å². The molecule has 0 radical (unpaired) electrons. The maximum absolute atomic E-state index is 13.3. The van der Waals surface area contributed by atoms with Crippen molar-refractivity contribution < 1.29 is 53.4 Å². The molecule has 0 aromatic carbocycles. The number of ketones is 1. The third kappa shape index (κ3) is 2.25. The molecule has 0 N–H and O–H groups in total. The topological polar surface area (TPSA) is 29.5 Å². The second kappa shape index (κ2) is 4.44. The Labute approximate surface area is 109 Å². The van der Waals surface area contributed by atoms with E-state index in [1.807, 2.05) is 4.74 Å². The van der Waals surface area contributed by atoms with Crippen LogP contribution in [-0.4, -0.2) is 41.0 Å². The van der Waals surface area contributed by atoms with E-state index in [1.165, 1.54) is 0 Å². The zero-order valence-electron chi connectivity index (χ0n) is 9.75. The molecule has 0 unspecified atom stereocenters. The Morgan fingerprint density at radius 1 is 0.952 bits per heavy atom. The molecular formula is C8H5F10NO2. The fraction of sp³-hybridized carbons (Fsp3) is 0.875. The van der Waals surface area contributed by atoms with E-state index in [-0.39, 0.29) is 0 Å². The minimum absolute atomic E-state index is 0.600. The minimum atomic E-state index is -6.58. The van der Waals surface area contributed by atoms with Gasteiger partial charge in [-0.15, -0.1) is 0 Å². The molecule has 1 saturated heterocycles. The first-order valence-electron chi connectivity index (χ1n) is 4.98. The maximum Gasteiger partial charge on any atom is 0.439 e. The summed E-state index contributed by atoms with van der Waals surface area (Å²) in [6.07, 6.45) is -14.1. The van der Waals surface area contributed by atoms with Crippen LogP contribution in [0.5, 0.6) is 0 Å². The fourth-order valence-electron chi connectivity index (χ4n) is 1.41. The predicted octanol–water partition coefficient (Wildman–Crippen LogP) is 3.26. The van der Waals surface area contributed by atoms with Gasteiger partial charge in [-0.2, -0.15) is 43.9 Å². The van der Waals surface area contributed by atoms with Gasteiger partial charge in [-0.3, -0.25) is 4.79 Å². The van der Waals surface area contributed by atoms with Gasteiger partial charge in [0.1, 0.15) is 0 Å². The van der Waals surface area contributed by atoms with Gasteiger partial charge in [0.25, 0.3) is 0 Å². The van der Waals surface area contributed by atoms with Crippen LogP contribution in [0.2, 0.25) is 0 Å². The molecule has 124 valence electrons. The number of rotatable bonds is 3. The standard InChI is InChI=1S/C8H5F10NO2/c1-2-3(20)4(9,10)19-5(11,12)7(15,16)21-8(17,18)6(19,13)14/h2H2,1H3. The predicted molar refractivity (Wildman–Crippen MR) is 43.0 cm³/mol. The normalized spacial score (nSPS) is 27.4. The van der Waals surface area contributed by atoms with E-state index in [0.29, 0.717) is 6.92 Å². The Hall–Kier alpha value is -1.11. The number of carbonyl (C=O) groups excluding carboxylic acids is 1. The van der Waals surface area contributed by atoms with Crippen LogP contribution in [0.4, 0.5) is 43.9 Å². The molecule has 0 aliphatic carbocycles. The van der Waals surface area contributed by atoms with Crippen molar-refractivity contribution in [3.63, 3.8) is 0 Å². The van der Waals surface area contributed by atoms with Gasteiger partial charge in [0, 0.05) is 6.42 Å². The summed E-state index contributed by atoms with van der Waals surface area (Å²) < 4.78 is 132. The van der Waals surface area contributed by atoms with E-state index in [9.17, 15) is 48.7 Å². The van der Waals surface area contributed by atoms with Crippen LogP contribution < -0.4 is 0 Å². The fourth-order valence-corrected chi connectivity index (χ4v) is 1.41. The van der Waals surface area contributed by atoms with Gasteiger partial charge in [0.2, 0.25) is 5.78 Å². The third-order valence-electron chi connectivity index (χ3n) is 2.46. The summed E-state index contributed by atoms with van der Waals surface area (Å²) in [5, 5.41) is 0. The maximum atomic E-state index is 13.3. The Balaban J connectivity index is 3.58. The van der Waals surface area contributed by atoms with Crippen molar-refractivity contribution in [1.29, 1.82) is 0 Å². The van der Waals surface area contributed by atoms with Crippen molar-refractivity contribution in [3.8, 4) is 0 Å². The number of Topliss-reactive ketones (excluding diaryl/α,β-unsaturated/α-hetero) is 1. The second-order valence-electron chi connectivity index (χ2n) is 3.87. The van der Waals surface area contributed by atoms with Crippen LogP contribution in [0.1, 0.15) is 13.3 Å². The van der Waals surface area contributed by atoms with Crippen molar-refractivity contribution in [2.24, 2.45) is 0 Å². The molecule has 1 aliphatic rings. The third-order valence-corrected chi connectivity index (χ3v) is 2.46. The summed E-state index contributed by atoms with van der Waals surface area (Å²) in [6, 6.07) is -19.1. The monoisotopic (exact) mass is 337 g/mol. The zero-order valence-corrected chi connectivity index (χ0v) is 9.75. The Morgan fingerprint density at radius 3 is 1.57 bits per heavy atom. The molecule has 1 rings (SSSR count). The van der Waals surface area contributed by atoms with Crippen LogP contribution in [0.25, 0.3) is 0 Å². The van der Waals surface area contributed by atoms with E-state index in [4.69, 9.17) is 0 Å². The van der Waals surface area contributed by atoms with Gasteiger partial charge in [0.05, 0.1) is 0 Å². The quantitative estimate of drug-likeness (QED) is 0.585. The van der Waals surface area contributed by atoms with Crippen LogP contribution >= 0.6 is 0 Å². The number of nitrogens with zero attached hydrogens (tertiary/aromatic N) is 1. The van der Waals surface area contributed by atoms with Crippen molar-refractivity contribution in [2.75, 3.05) is 0 Å². The molecule has 1 aliphatic heterocycles. The minimum Gasteiger partial charge on any atom is -0.291 e. The van der Waals surface area contributed by atoms with Gasteiger partial charge in [-0.25, -0.2) is 4.74 Å². The SMILES string of the molecule is CCC(=O)C(F)(F)N1C(F)(F)C(F)(F)OC(F)(F)C1(F)F. The highest BCUT2D eigenvalue weighted by Gasteiger charge is 2.87. The Kier molecular flexibility index (Phi) is 3.80. The lowest BCUT2D eigenvalue weighted by molar-refractivity contribution is -0.581. The van der Waals surface area contributed by atoms with E-state index in [1.54, 1.807) is 0 Å². The van der Waals surface area contributed by atoms with Gasteiger partial charge < -0.3 is 0 Å². The lowest BCUT2D eigenvalue weighted by atomic mass is 10.2. The second-order valence-corrected chi connectivity index (χ2v) is 3.87. The summed E-state index contributed by atoms with van der Waals surface area (Å²) in [5.41, 5.74) is 0. The van der Waals surface area contributed by atoms with Crippen LogP contribution in [-0.2, 0) is 9.53 Å². The summed E-state index contributed by atoms with van der Waals surface area (Å²) in [4.78, 5) is 7.63. The molecule has 0 atom stereocenters. The highest BCUT2D eigenvalue weighted by Crippen LogP contribution is 2.58. The van der Waals surface area contributed by atoms with Crippen LogP contribution in [0, 0.1) is 0 Å². The molecule has 0 aromatic rings. The van der Waals surface area contributed by atoms with Crippen LogP contribution in [0.15, 0.2) is 0 Å². The van der Waals surface area contributed by atoms with Gasteiger partial charge in [0.15, 0.2) is 0 Å². The number of morpholine rings is 1. The largest absolute Gasteiger partial charge is 0.439 e. The average molecular weight is 337 g/mol. The van der Waals surface area contributed by atoms with Crippen molar-refractivity contribution >= 4 is 5.78 Å². The molecule has 3 nitrogen and oxygen atoms in total. The molecule has 0 aromatic heterocycles. The molecule has 1 fully saturated rings. The zero-order chi connectivity index (χ0) is 17.1. The van der Waals surface area contributed by atoms with Crippen molar-refractivity contribution in [3.05, 3.63) is 0 Å². The summed E-state index contributed by atoms with van der Waals surface area (Å²) in [7, 11) is 0. The van der Waals surface area contributed by atoms with E-state index in [2.05, 4.69) is 0 Å². The molecule has 1 heterocycles.